The van der Waals surface area contributed by atoms with Gasteiger partial charge in [-0.1, -0.05) is 41.9 Å². The van der Waals surface area contributed by atoms with E-state index < -0.39 is 0 Å². The smallest absolute Gasteiger partial charge is 0.141 e. The molecule has 3 nitrogen and oxygen atoms in total. The number of aromatic nitrogens is 2. The first kappa shape index (κ1) is 12.6. The van der Waals surface area contributed by atoms with Gasteiger partial charge in [-0.3, -0.25) is 0 Å². The molecule has 0 aliphatic rings. The number of halogens is 1. The summed E-state index contributed by atoms with van der Waals surface area (Å²) in [5.41, 5.74) is 1.95. The molecule has 0 atom stereocenters. The Kier molecular flexibility index (Phi) is 3.61. The van der Waals surface area contributed by atoms with Crippen LogP contribution in [0.3, 0.4) is 0 Å². The Morgan fingerprint density at radius 3 is 2.70 bits per heavy atom. The molecule has 20 heavy (non-hydrogen) atoms. The van der Waals surface area contributed by atoms with Gasteiger partial charge < -0.3 is 5.32 Å². The molecule has 98 valence electrons. The van der Waals surface area contributed by atoms with Crippen molar-refractivity contribution < 1.29 is 0 Å². The summed E-state index contributed by atoms with van der Waals surface area (Å²) in [5, 5.41) is 4.79. The first-order valence-corrected chi connectivity index (χ1v) is 6.59. The minimum absolute atomic E-state index is 0.668. The summed E-state index contributed by atoms with van der Waals surface area (Å²) in [7, 11) is 0. The maximum atomic E-state index is 5.96. The normalized spacial score (nSPS) is 11.1. The molecule has 0 saturated carbocycles. The van der Waals surface area contributed by atoms with E-state index in [4.69, 9.17) is 11.6 Å². The fourth-order valence-corrected chi connectivity index (χ4v) is 2.09. The summed E-state index contributed by atoms with van der Waals surface area (Å²) in [5.74, 6) is 0.763. The van der Waals surface area contributed by atoms with Crippen LogP contribution in [0, 0.1) is 0 Å². The van der Waals surface area contributed by atoms with Crippen molar-refractivity contribution in [2.75, 3.05) is 5.32 Å². The Balaban J connectivity index is 1.86. The van der Waals surface area contributed by atoms with Crippen LogP contribution in [0.15, 0.2) is 61.1 Å². The molecule has 0 radical (unpaired) electrons. The highest BCUT2D eigenvalue weighted by atomic mass is 35.5. The molecule has 1 heterocycles. The predicted molar refractivity (Wildman–Crippen MR) is 83.6 cm³/mol. The summed E-state index contributed by atoms with van der Waals surface area (Å²) in [4.78, 5) is 8.46. The molecule has 1 N–H and O–H groups in total. The van der Waals surface area contributed by atoms with Crippen molar-refractivity contribution in [1.29, 1.82) is 0 Å². The quantitative estimate of drug-likeness (QED) is 0.775. The maximum Gasteiger partial charge on any atom is 0.141 e. The lowest BCUT2D eigenvalue weighted by Crippen LogP contribution is -1.94. The van der Waals surface area contributed by atoms with Crippen LogP contribution in [-0.4, -0.2) is 9.97 Å². The predicted octanol–water partition coefficient (Wildman–Crippen LogP) is 4.37. The highest BCUT2D eigenvalue weighted by Gasteiger charge is 2.02. The number of hydrogen-bond acceptors (Lipinski definition) is 3. The largest absolute Gasteiger partial charge is 0.346 e. The topological polar surface area (TPSA) is 37.8 Å². The number of nitrogens with zero attached hydrogens (tertiary/aromatic N) is 2. The van der Waals surface area contributed by atoms with Crippen LogP contribution in [-0.2, 0) is 0 Å². The Morgan fingerprint density at radius 1 is 1.00 bits per heavy atom. The number of benzene rings is 2. The lowest BCUT2D eigenvalue weighted by Gasteiger charge is -2.04. The van der Waals surface area contributed by atoms with E-state index in [1.54, 1.807) is 0 Å². The molecule has 2 aromatic carbocycles. The average Bonchev–Trinajstić information content (AvgIpc) is 2.48. The summed E-state index contributed by atoms with van der Waals surface area (Å²) in [6.07, 6.45) is 5.38. The molecule has 1 aromatic heterocycles. The molecule has 0 amide bonds. The van der Waals surface area contributed by atoms with Gasteiger partial charge in [0.05, 0.1) is 5.52 Å². The van der Waals surface area contributed by atoms with E-state index in [1.165, 1.54) is 6.33 Å². The van der Waals surface area contributed by atoms with Crippen molar-refractivity contribution in [2.24, 2.45) is 0 Å². The van der Waals surface area contributed by atoms with E-state index in [9.17, 15) is 0 Å². The van der Waals surface area contributed by atoms with Crippen LogP contribution in [0.25, 0.3) is 17.0 Å². The Hall–Kier alpha value is -2.39. The van der Waals surface area contributed by atoms with Gasteiger partial charge in [-0.25, -0.2) is 9.97 Å². The van der Waals surface area contributed by atoms with Gasteiger partial charge in [-0.05, 0) is 29.8 Å². The van der Waals surface area contributed by atoms with Gasteiger partial charge in [-0.15, -0.1) is 0 Å². The molecule has 0 unspecified atom stereocenters. The van der Waals surface area contributed by atoms with Crippen LogP contribution in [0.4, 0.5) is 5.82 Å². The van der Waals surface area contributed by atoms with E-state index in [0.29, 0.717) is 5.02 Å². The van der Waals surface area contributed by atoms with E-state index in [2.05, 4.69) is 15.3 Å². The molecule has 0 bridgehead atoms. The van der Waals surface area contributed by atoms with Crippen LogP contribution in [0.5, 0.6) is 0 Å². The molecule has 0 aliphatic carbocycles. The average molecular weight is 282 g/mol. The zero-order chi connectivity index (χ0) is 13.8. The Labute approximate surface area is 122 Å². The molecule has 0 aliphatic heterocycles. The second-order valence-corrected chi connectivity index (χ2v) is 4.71. The van der Waals surface area contributed by atoms with Crippen molar-refractivity contribution in [3.63, 3.8) is 0 Å². The van der Waals surface area contributed by atoms with Gasteiger partial charge in [0.25, 0.3) is 0 Å². The molecule has 3 aromatic rings. The van der Waals surface area contributed by atoms with E-state index in [0.717, 1.165) is 22.3 Å². The van der Waals surface area contributed by atoms with Crippen molar-refractivity contribution in [2.45, 2.75) is 0 Å². The van der Waals surface area contributed by atoms with Gasteiger partial charge in [-0.2, -0.15) is 0 Å². The second-order valence-electron chi connectivity index (χ2n) is 4.27. The summed E-state index contributed by atoms with van der Waals surface area (Å²) >= 11 is 5.96. The van der Waals surface area contributed by atoms with Crippen LogP contribution >= 0.6 is 11.6 Å². The van der Waals surface area contributed by atoms with Crippen LogP contribution < -0.4 is 5.32 Å². The number of nitrogens with one attached hydrogen (secondary N) is 1. The Bertz CT molecular complexity index is 754. The number of hydrogen-bond donors (Lipinski definition) is 1. The van der Waals surface area contributed by atoms with Gasteiger partial charge >= 0.3 is 0 Å². The molecule has 3 rings (SSSR count). The molecule has 0 fully saturated rings. The van der Waals surface area contributed by atoms with Gasteiger partial charge in [0.15, 0.2) is 0 Å². The number of rotatable bonds is 3. The SMILES string of the molecule is Clc1ccc2c(NC=Cc3ccccc3)ncnc2c1. The molecular weight excluding hydrogens is 270 g/mol. The minimum Gasteiger partial charge on any atom is -0.346 e. The van der Waals surface area contributed by atoms with Crippen molar-refractivity contribution in [3.8, 4) is 0 Å². The highest BCUT2D eigenvalue weighted by molar-refractivity contribution is 6.31. The second kappa shape index (κ2) is 5.72. The maximum absolute atomic E-state index is 5.96. The zero-order valence-electron chi connectivity index (χ0n) is 10.6. The zero-order valence-corrected chi connectivity index (χ0v) is 11.4. The summed E-state index contributed by atoms with van der Waals surface area (Å²) in [6, 6.07) is 15.6. The number of anilines is 1. The first-order chi connectivity index (χ1) is 9.83. The lowest BCUT2D eigenvalue weighted by molar-refractivity contribution is 1.22. The lowest BCUT2D eigenvalue weighted by atomic mass is 10.2. The molecule has 4 heteroatoms. The third-order valence-electron chi connectivity index (χ3n) is 2.89. The standard InChI is InChI=1S/C16H12ClN3/c17-13-6-7-14-15(10-13)19-11-20-16(14)18-9-8-12-4-2-1-3-5-12/h1-11H,(H,18,19,20). The van der Waals surface area contributed by atoms with Gasteiger partial charge in [0.2, 0.25) is 0 Å². The molecule has 0 spiro atoms. The number of fused-ring (bicyclic) bond motifs is 1. The Morgan fingerprint density at radius 2 is 1.85 bits per heavy atom. The van der Waals surface area contributed by atoms with E-state index >= 15 is 0 Å². The third-order valence-corrected chi connectivity index (χ3v) is 3.13. The van der Waals surface area contributed by atoms with Gasteiger partial charge in [0.1, 0.15) is 12.1 Å². The highest BCUT2D eigenvalue weighted by Crippen LogP contribution is 2.22. The molecule has 0 saturated heterocycles. The van der Waals surface area contributed by atoms with Crippen molar-refractivity contribution in [3.05, 3.63) is 71.6 Å². The minimum atomic E-state index is 0.668. The third kappa shape index (κ3) is 2.78. The van der Waals surface area contributed by atoms with Crippen molar-refractivity contribution in [1.82, 2.24) is 9.97 Å². The summed E-state index contributed by atoms with van der Waals surface area (Å²) in [6.45, 7) is 0. The molecular formula is C16H12ClN3. The van der Waals surface area contributed by atoms with E-state index in [-0.39, 0.29) is 0 Å². The van der Waals surface area contributed by atoms with Crippen molar-refractivity contribution >= 4 is 34.4 Å². The van der Waals surface area contributed by atoms with E-state index in [1.807, 2.05) is 60.8 Å². The fraction of sp³-hybridized carbons (Fsp3) is 0. The van der Waals surface area contributed by atoms with Crippen LogP contribution in [0.1, 0.15) is 5.56 Å². The van der Waals surface area contributed by atoms with Gasteiger partial charge in [0, 0.05) is 16.6 Å². The first-order valence-electron chi connectivity index (χ1n) is 6.21. The summed E-state index contributed by atoms with van der Waals surface area (Å²) < 4.78 is 0. The monoisotopic (exact) mass is 281 g/mol. The fourth-order valence-electron chi connectivity index (χ4n) is 1.93. The van der Waals surface area contributed by atoms with Crippen LogP contribution in [0.2, 0.25) is 5.02 Å².